The molecule has 1 N–H and O–H groups in total. The molecule has 3 aromatic rings. The summed E-state index contributed by atoms with van der Waals surface area (Å²) in [5.74, 6) is -0.865. The molecule has 10 nitrogen and oxygen atoms in total. The Labute approximate surface area is 148 Å². The van der Waals surface area contributed by atoms with Crippen LogP contribution in [0.25, 0.3) is 5.69 Å². The molecular weight excluding hydrogens is 338 g/mol. The number of ether oxygens (including phenoxy) is 1. The monoisotopic (exact) mass is 355 g/mol. The number of carbonyl (C=O) groups excluding carboxylic acids is 2. The van der Waals surface area contributed by atoms with Crippen LogP contribution in [0.3, 0.4) is 0 Å². The summed E-state index contributed by atoms with van der Waals surface area (Å²) in [7, 11) is 2.96. The zero-order valence-electron chi connectivity index (χ0n) is 14.5. The Bertz CT molecular complexity index is 930. The molecule has 0 spiro atoms. The van der Waals surface area contributed by atoms with E-state index < -0.39 is 5.97 Å². The summed E-state index contributed by atoms with van der Waals surface area (Å²) in [6, 6.07) is 7.25. The molecule has 134 valence electrons. The van der Waals surface area contributed by atoms with Gasteiger partial charge in [0.1, 0.15) is 6.33 Å². The highest BCUT2D eigenvalue weighted by molar-refractivity contribution is 6.01. The van der Waals surface area contributed by atoms with Crippen LogP contribution >= 0.6 is 0 Å². The largest absolute Gasteiger partial charge is 0.464 e. The third-order valence-electron chi connectivity index (χ3n) is 3.89. The summed E-state index contributed by atoms with van der Waals surface area (Å²) in [6.45, 7) is 1.76. The van der Waals surface area contributed by atoms with Crippen LogP contribution in [0.1, 0.15) is 21.7 Å². The molecule has 0 aliphatic rings. The van der Waals surface area contributed by atoms with E-state index in [4.69, 9.17) is 4.74 Å². The van der Waals surface area contributed by atoms with Gasteiger partial charge in [-0.2, -0.15) is 5.10 Å². The molecule has 26 heavy (non-hydrogen) atoms. The topological polar surface area (TPSA) is 117 Å². The molecule has 2 heterocycles. The standard InChI is InChI=1S/C16H17N7O3/c1-10-14(15(16(25)26-3)19-22(10)2)18-13(24)8-11-4-6-12(7-5-11)23-9-17-20-21-23/h4-7,9H,8H2,1-3H3,(H,18,24). The lowest BCUT2D eigenvalue weighted by Gasteiger charge is -2.07. The molecule has 0 saturated heterocycles. The number of methoxy groups -OCH3 is 1. The molecule has 0 fully saturated rings. The molecule has 0 unspecified atom stereocenters. The van der Waals surface area contributed by atoms with Crippen molar-refractivity contribution in [3.63, 3.8) is 0 Å². The summed E-state index contributed by atoms with van der Waals surface area (Å²) in [4.78, 5) is 24.2. The molecule has 0 atom stereocenters. The molecule has 1 aromatic carbocycles. The van der Waals surface area contributed by atoms with Crippen LogP contribution < -0.4 is 5.32 Å². The molecule has 2 aromatic heterocycles. The summed E-state index contributed by atoms with van der Waals surface area (Å²) in [5.41, 5.74) is 2.69. The van der Waals surface area contributed by atoms with E-state index in [1.54, 1.807) is 14.0 Å². The smallest absolute Gasteiger partial charge is 0.360 e. The Morgan fingerprint density at radius 3 is 2.58 bits per heavy atom. The Hall–Kier alpha value is -3.56. The van der Waals surface area contributed by atoms with Crippen LogP contribution in [0, 0.1) is 6.92 Å². The number of nitrogens with one attached hydrogen (secondary N) is 1. The van der Waals surface area contributed by atoms with Gasteiger partial charge in [-0.1, -0.05) is 12.1 Å². The predicted molar refractivity (Wildman–Crippen MR) is 90.8 cm³/mol. The molecule has 1 amide bonds. The number of aryl methyl sites for hydroxylation is 1. The second kappa shape index (κ2) is 7.13. The lowest BCUT2D eigenvalue weighted by Crippen LogP contribution is -2.17. The molecule has 0 aliphatic carbocycles. The van der Waals surface area contributed by atoms with Crippen LogP contribution in [0.5, 0.6) is 0 Å². The van der Waals surface area contributed by atoms with Crippen molar-refractivity contribution >= 4 is 17.6 Å². The number of benzene rings is 1. The van der Waals surface area contributed by atoms with Gasteiger partial charge < -0.3 is 10.1 Å². The number of carbonyl (C=O) groups is 2. The van der Waals surface area contributed by atoms with Gasteiger partial charge in [0.25, 0.3) is 0 Å². The van der Waals surface area contributed by atoms with Gasteiger partial charge in [0.15, 0.2) is 5.69 Å². The van der Waals surface area contributed by atoms with E-state index >= 15 is 0 Å². The maximum atomic E-state index is 12.4. The van der Waals surface area contributed by atoms with Crippen molar-refractivity contribution in [2.75, 3.05) is 12.4 Å². The van der Waals surface area contributed by atoms with Crippen molar-refractivity contribution in [2.24, 2.45) is 7.05 Å². The normalized spacial score (nSPS) is 10.6. The highest BCUT2D eigenvalue weighted by Gasteiger charge is 2.22. The first-order valence-corrected chi connectivity index (χ1v) is 7.73. The lowest BCUT2D eigenvalue weighted by molar-refractivity contribution is -0.115. The van der Waals surface area contributed by atoms with E-state index in [1.807, 2.05) is 24.3 Å². The Morgan fingerprint density at radius 1 is 1.23 bits per heavy atom. The van der Waals surface area contributed by atoms with Crippen LogP contribution in [-0.2, 0) is 23.0 Å². The van der Waals surface area contributed by atoms with Gasteiger partial charge >= 0.3 is 5.97 Å². The number of esters is 1. The molecule has 10 heteroatoms. The van der Waals surface area contributed by atoms with Gasteiger partial charge in [-0.05, 0) is 35.0 Å². The van der Waals surface area contributed by atoms with E-state index in [0.29, 0.717) is 11.4 Å². The zero-order chi connectivity index (χ0) is 18.7. The SMILES string of the molecule is COC(=O)c1nn(C)c(C)c1NC(=O)Cc1ccc(-n2cnnn2)cc1. The van der Waals surface area contributed by atoms with Crippen LogP contribution in [0.15, 0.2) is 30.6 Å². The van der Waals surface area contributed by atoms with Crippen LogP contribution in [0.4, 0.5) is 5.69 Å². The zero-order valence-corrected chi connectivity index (χ0v) is 14.5. The van der Waals surface area contributed by atoms with Gasteiger partial charge in [0.05, 0.1) is 30.6 Å². The Kier molecular flexibility index (Phi) is 4.74. The number of hydrogen-bond acceptors (Lipinski definition) is 7. The molecule has 3 rings (SSSR count). The summed E-state index contributed by atoms with van der Waals surface area (Å²) in [5, 5.41) is 17.8. The van der Waals surface area contributed by atoms with Crippen molar-refractivity contribution < 1.29 is 14.3 Å². The number of rotatable bonds is 5. The first-order chi connectivity index (χ1) is 12.5. The fourth-order valence-electron chi connectivity index (χ4n) is 2.41. The molecule has 0 bridgehead atoms. The number of amides is 1. The van der Waals surface area contributed by atoms with Crippen molar-refractivity contribution in [3.05, 3.63) is 47.5 Å². The predicted octanol–water partition coefficient (Wildman–Crippen LogP) is 0.672. The highest BCUT2D eigenvalue weighted by Crippen LogP contribution is 2.20. The molecular formula is C16H17N7O3. The first-order valence-electron chi connectivity index (χ1n) is 7.73. The molecule has 0 saturated carbocycles. The van der Waals surface area contributed by atoms with E-state index in [-0.39, 0.29) is 18.0 Å². The van der Waals surface area contributed by atoms with Crippen molar-refractivity contribution in [1.29, 1.82) is 0 Å². The van der Waals surface area contributed by atoms with Crippen molar-refractivity contribution in [3.8, 4) is 5.69 Å². The van der Waals surface area contributed by atoms with E-state index in [2.05, 4.69) is 25.9 Å². The Balaban J connectivity index is 1.72. The third-order valence-corrected chi connectivity index (χ3v) is 3.89. The highest BCUT2D eigenvalue weighted by atomic mass is 16.5. The van der Waals surface area contributed by atoms with Gasteiger partial charge in [-0.25, -0.2) is 9.48 Å². The maximum Gasteiger partial charge on any atom is 0.360 e. The average Bonchev–Trinajstić information content (AvgIpc) is 3.26. The van der Waals surface area contributed by atoms with Crippen molar-refractivity contribution in [2.45, 2.75) is 13.3 Å². The molecule has 0 aliphatic heterocycles. The second-order valence-corrected chi connectivity index (χ2v) is 5.57. The number of aromatic nitrogens is 6. The first kappa shape index (κ1) is 17.3. The minimum Gasteiger partial charge on any atom is -0.464 e. The lowest BCUT2D eigenvalue weighted by atomic mass is 10.1. The maximum absolute atomic E-state index is 12.4. The van der Waals surface area contributed by atoms with Gasteiger partial charge in [0, 0.05) is 7.05 Å². The van der Waals surface area contributed by atoms with Crippen LogP contribution in [0.2, 0.25) is 0 Å². The van der Waals surface area contributed by atoms with Crippen molar-refractivity contribution in [1.82, 2.24) is 30.0 Å². The number of tetrazole rings is 1. The quantitative estimate of drug-likeness (QED) is 0.669. The van der Waals surface area contributed by atoms with E-state index in [1.165, 1.54) is 22.8 Å². The summed E-state index contributed by atoms with van der Waals surface area (Å²) >= 11 is 0. The minimum absolute atomic E-state index is 0.0786. The third kappa shape index (κ3) is 3.43. The Morgan fingerprint density at radius 2 is 1.96 bits per heavy atom. The van der Waals surface area contributed by atoms with Gasteiger partial charge in [-0.3, -0.25) is 9.48 Å². The summed E-state index contributed by atoms with van der Waals surface area (Å²) in [6.07, 6.45) is 1.63. The van der Waals surface area contributed by atoms with E-state index in [0.717, 1.165) is 11.3 Å². The number of anilines is 1. The van der Waals surface area contributed by atoms with Gasteiger partial charge in [0.2, 0.25) is 5.91 Å². The fraction of sp³-hybridized carbons (Fsp3) is 0.250. The number of hydrogen-bond donors (Lipinski definition) is 1. The second-order valence-electron chi connectivity index (χ2n) is 5.57. The summed E-state index contributed by atoms with van der Waals surface area (Å²) < 4.78 is 7.75. The fourth-order valence-corrected chi connectivity index (χ4v) is 2.41. The van der Waals surface area contributed by atoms with Gasteiger partial charge in [-0.15, -0.1) is 5.10 Å². The number of nitrogens with zero attached hydrogens (tertiary/aromatic N) is 6. The van der Waals surface area contributed by atoms with E-state index in [9.17, 15) is 9.59 Å². The van der Waals surface area contributed by atoms with Crippen LogP contribution in [-0.4, -0.2) is 49.0 Å². The molecule has 0 radical (unpaired) electrons. The minimum atomic E-state index is -0.602. The average molecular weight is 355 g/mol.